The van der Waals surface area contributed by atoms with Crippen molar-refractivity contribution in [2.75, 3.05) is 0 Å². The number of para-hydroxylation sites is 1. The molecule has 7 nitrogen and oxygen atoms in total. The molecule has 3 heterocycles. The lowest BCUT2D eigenvalue weighted by molar-refractivity contribution is 0.425. The lowest BCUT2D eigenvalue weighted by atomic mass is 10.2. The van der Waals surface area contributed by atoms with Crippen LogP contribution in [0.2, 0.25) is 5.02 Å². The molecular weight excluding hydrogens is 434 g/mol. The normalized spacial score (nSPS) is 11.2. The van der Waals surface area contributed by atoms with Crippen molar-refractivity contribution < 1.29 is 8.94 Å². The Morgan fingerprint density at radius 3 is 2.55 bits per heavy atom. The molecule has 2 aromatic carbocycles. The van der Waals surface area contributed by atoms with Crippen LogP contribution in [0.25, 0.3) is 28.5 Å². The number of benzene rings is 2. The van der Waals surface area contributed by atoms with Gasteiger partial charge in [0.05, 0.1) is 28.2 Å². The molecule has 0 amide bonds. The van der Waals surface area contributed by atoms with E-state index in [1.165, 1.54) is 11.8 Å². The SMILES string of the molecule is Cc1occc1-c1nnc(SCc2noc(-c3ccccc3Cl)n2)n1-c1ccccc1. The van der Waals surface area contributed by atoms with Gasteiger partial charge in [0.1, 0.15) is 5.76 Å². The van der Waals surface area contributed by atoms with Crippen LogP contribution in [0.15, 0.2) is 81.0 Å². The Bertz CT molecular complexity index is 1330. The van der Waals surface area contributed by atoms with E-state index in [1.54, 1.807) is 12.3 Å². The van der Waals surface area contributed by atoms with Crippen molar-refractivity contribution in [3.63, 3.8) is 0 Å². The Hall–Kier alpha value is -3.36. The van der Waals surface area contributed by atoms with Gasteiger partial charge in [0.15, 0.2) is 16.8 Å². The van der Waals surface area contributed by atoms with Crippen molar-refractivity contribution in [2.45, 2.75) is 17.8 Å². The summed E-state index contributed by atoms with van der Waals surface area (Å²) in [5.74, 6) is 2.89. The molecule has 0 radical (unpaired) electrons. The van der Waals surface area contributed by atoms with Gasteiger partial charge in [-0.2, -0.15) is 4.98 Å². The molecule has 3 aromatic heterocycles. The number of hydrogen-bond donors (Lipinski definition) is 0. The van der Waals surface area contributed by atoms with E-state index in [0.717, 1.165) is 17.0 Å². The summed E-state index contributed by atoms with van der Waals surface area (Å²) in [5, 5.41) is 14.2. The number of nitrogens with zero attached hydrogens (tertiary/aromatic N) is 5. The van der Waals surface area contributed by atoms with Gasteiger partial charge in [-0.15, -0.1) is 10.2 Å². The molecule has 0 aliphatic carbocycles. The zero-order valence-electron chi connectivity index (χ0n) is 16.4. The summed E-state index contributed by atoms with van der Waals surface area (Å²) in [7, 11) is 0. The molecule has 31 heavy (non-hydrogen) atoms. The molecule has 5 rings (SSSR count). The minimum absolute atomic E-state index is 0.389. The Labute approximate surface area is 187 Å². The Kier molecular flexibility index (Phi) is 5.31. The van der Waals surface area contributed by atoms with Gasteiger partial charge in [0, 0.05) is 5.69 Å². The molecule has 0 atom stereocenters. The molecule has 0 saturated heterocycles. The van der Waals surface area contributed by atoms with E-state index < -0.39 is 0 Å². The first-order valence-corrected chi connectivity index (χ1v) is 10.8. The van der Waals surface area contributed by atoms with Crippen LogP contribution in [0.3, 0.4) is 0 Å². The van der Waals surface area contributed by atoms with Crippen molar-refractivity contribution in [1.29, 1.82) is 0 Å². The summed E-state index contributed by atoms with van der Waals surface area (Å²) >= 11 is 7.70. The first-order valence-electron chi connectivity index (χ1n) is 9.46. The number of thioether (sulfide) groups is 1. The van der Waals surface area contributed by atoms with E-state index in [2.05, 4.69) is 20.3 Å². The topological polar surface area (TPSA) is 82.8 Å². The van der Waals surface area contributed by atoms with Crippen molar-refractivity contribution in [3.8, 4) is 28.5 Å². The van der Waals surface area contributed by atoms with E-state index in [0.29, 0.717) is 39.0 Å². The molecule has 0 aliphatic rings. The number of halogens is 1. The summed E-state index contributed by atoms with van der Waals surface area (Å²) in [5.41, 5.74) is 2.55. The molecule has 0 fully saturated rings. The quantitative estimate of drug-likeness (QED) is 0.301. The smallest absolute Gasteiger partial charge is 0.259 e. The van der Waals surface area contributed by atoms with Crippen molar-refractivity contribution in [3.05, 3.63) is 83.5 Å². The third-order valence-electron chi connectivity index (χ3n) is 4.65. The van der Waals surface area contributed by atoms with Crippen molar-refractivity contribution in [1.82, 2.24) is 24.9 Å². The van der Waals surface area contributed by atoms with E-state index in [9.17, 15) is 0 Å². The second-order valence-electron chi connectivity index (χ2n) is 6.65. The Morgan fingerprint density at radius 2 is 1.77 bits per heavy atom. The van der Waals surface area contributed by atoms with E-state index >= 15 is 0 Å². The molecule has 0 aliphatic heterocycles. The predicted molar refractivity (Wildman–Crippen MR) is 118 cm³/mol. The summed E-state index contributed by atoms with van der Waals surface area (Å²) in [6.45, 7) is 1.90. The van der Waals surface area contributed by atoms with E-state index in [1.807, 2.05) is 66.1 Å². The van der Waals surface area contributed by atoms with Crippen molar-refractivity contribution >= 4 is 23.4 Å². The predicted octanol–water partition coefficient (Wildman–Crippen LogP) is 5.83. The third-order valence-corrected chi connectivity index (χ3v) is 5.90. The lowest BCUT2D eigenvalue weighted by Crippen LogP contribution is -2.00. The second-order valence-corrected chi connectivity index (χ2v) is 8.00. The number of furan rings is 1. The van der Waals surface area contributed by atoms with E-state index in [4.69, 9.17) is 20.5 Å². The molecular formula is C22H16ClN5O2S. The number of rotatable bonds is 6. The maximum absolute atomic E-state index is 6.23. The highest BCUT2D eigenvalue weighted by Crippen LogP contribution is 2.32. The summed E-state index contributed by atoms with van der Waals surface area (Å²) in [6.07, 6.45) is 1.65. The Balaban J connectivity index is 1.45. The highest BCUT2D eigenvalue weighted by atomic mass is 35.5. The van der Waals surface area contributed by atoms with Crippen LogP contribution in [-0.2, 0) is 5.75 Å². The van der Waals surface area contributed by atoms with Crippen LogP contribution < -0.4 is 0 Å². The maximum Gasteiger partial charge on any atom is 0.259 e. The second kappa shape index (κ2) is 8.41. The summed E-state index contributed by atoms with van der Waals surface area (Å²) in [6, 6.07) is 19.2. The molecule has 0 spiro atoms. The van der Waals surface area contributed by atoms with Crippen LogP contribution in [0.1, 0.15) is 11.6 Å². The summed E-state index contributed by atoms with van der Waals surface area (Å²) in [4.78, 5) is 4.47. The maximum atomic E-state index is 6.23. The standard InChI is InChI=1S/C22H16ClN5O2S/c1-14-16(11-12-29-14)20-25-26-22(28(20)15-7-3-2-4-8-15)31-13-19-24-21(30-27-19)17-9-5-6-10-18(17)23/h2-12H,13H2,1H3. The van der Waals surface area contributed by atoms with Gasteiger partial charge in [-0.05, 0) is 37.3 Å². The third kappa shape index (κ3) is 3.87. The lowest BCUT2D eigenvalue weighted by Gasteiger charge is -2.09. The van der Waals surface area contributed by atoms with Crippen LogP contribution >= 0.6 is 23.4 Å². The van der Waals surface area contributed by atoms with Gasteiger partial charge in [-0.25, -0.2) is 0 Å². The van der Waals surface area contributed by atoms with Gasteiger partial charge in [0.25, 0.3) is 5.89 Å². The van der Waals surface area contributed by atoms with Crippen LogP contribution in [0, 0.1) is 6.92 Å². The highest BCUT2D eigenvalue weighted by molar-refractivity contribution is 7.98. The van der Waals surface area contributed by atoms with Gasteiger partial charge in [-0.3, -0.25) is 4.57 Å². The van der Waals surface area contributed by atoms with E-state index in [-0.39, 0.29) is 0 Å². The fraction of sp³-hybridized carbons (Fsp3) is 0.0909. The minimum Gasteiger partial charge on any atom is -0.469 e. The van der Waals surface area contributed by atoms with Crippen LogP contribution in [0.4, 0.5) is 0 Å². The molecule has 154 valence electrons. The van der Waals surface area contributed by atoms with Gasteiger partial charge in [0.2, 0.25) is 0 Å². The average Bonchev–Trinajstić information content (AvgIpc) is 3.52. The minimum atomic E-state index is 0.389. The van der Waals surface area contributed by atoms with Gasteiger partial charge < -0.3 is 8.94 Å². The Morgan fingerprint density at radius 1 is 0.968 bits per heavy atom. The largest absolute Gasteiger partial charge is 0.469 e. The highest BCUT2D eigenvalue weighted by Gasteiger charge is 2.20. The molecule has 0 saturated carbocycles. The van der Waals surface area contributed by atoms with Gasteiger partial charge >= 0.3 is 0 Å². The molecule has 0 bridgehead atoms. The molecule has 0 N–H and O–H groups in total. The average molecular weight is 450 g/mol. The number of aryl methyl sites for hydroxylation is 1. The monoisotopic (exact) mass is 449 g/mol. The zero-order valence-corrected chi connectivity index (χ0v) is 18.0. The molecule has 5 aromatic rings. The first kappa shape index (κ1) is 19.6. The number of aromatic nitrogens is 5. The van der Waals surface area contributed by atoms with Gasteiger partial charge in [-0.1, -0.05) is 58.9 Å². The summed E-state index contributed by atoms with van der Waals surface area (Å²) < 4.78 is 12.9. The fourth-order valence-electron chi connectivity index (χ4n) is 3.15. The van der Waals surface area contributed by atoms with Crippen LogP contribution in [0.5, 0.6) is 0 Å². The zero-order chi connectivity index (χ0) is 21.2. The molecule has 9 heteroatoms. The number of hydrogen-bond acceptors (Lipinski definition) is 7. The first-order chi connectivity index (χ1) is 15.2. The molecule has 0 unspecified atom stereocenters. The fourth-order valence-corrected chi connectivity index (χ4v) is 4.16. The van der Waals surface area contributed by atoms with Crippen molar-refractivity contribution in [2.24, 2.45) is 0 Å². The van der Waals surface area contributed by atoms with Crippen LogP contribution in [-0.4, -0.2) is 24.9 Å².